The van der Waals surface area contributed by atoms with E-state index in [1.165, 1.54) is 0 Å². The molecular weight excluding hydrogens is 189 g/mol. The Kier molecular flexibility index (Phi) is 1.60. The van der Waals surface area contributed by atoms with Gasteiger partial charge < -0.3 is 4.98 Å². The number of fused-ring (bicyclic) bond motifs is 3. The van der Waals surface area contributed by atoms with Crippen LogP contribution in [0, 0.1) is 12.7 Å². The maximum Gasteiger partial charge on any atom is 0.126 e. The number of hydrogen-bond acceptors (Lipinski definition) is 0. The van der Waals surface area contributed by atoms with Gasteiger partial charge in [-0.05, 0) is 30.7 Å². The smallest absolute Gasteiger partial charge is 0.126 e. The Balaban J connectivity index is 2.56. The van der Waals surface area contributed by atoms with Gasteiger partial charge in [-0.3, -0.25) is 0 Å². The van der Waals surface area contributed by atoms with Crippen LogP contribution in [0.25, 0.3) is 21.8 Å². The van der Waals surface area contributed by atoms with E-state index < -0.39 is 0 Å². The molecule has 3 aromatic rings. The summed E-state index contributed by atoms with van der Waals surface area (Å²) in [5, 5.41) is 2.03. The predicted molar refractivity (Wildman–Crippen MR) is 60.5 cm³/mol. The molecule has 0 atom stereocenters. The minimum atomic E-state index is -0.146. The van der Waals surface area contributed by atoms with E-state index in [2.05, 4.69) is 4.98 Å². The van der Waals surface area contributed by atoms with Crippen LogP contribution in [0.15, 0.2) is 36.4 Å². The Hall–Kier alpha value is -1.83. The first-order valence-corrected chi connectivity index (χ1v) is 4.92. The van der Waals surface area contributed by atoms with Gasteiger partial charge in [-0.2, -0.15) is 0 Å². The van der Waals surface area contributed by atoms with Gasteiger partial charge in [0, 0.05) is 21.8 Å². The zero-order valence-electron chi connectivity index (χ0n) is 8.34. The molecular formula is C13H10FN. The quantitative estimate of drug-likeness (QED) is 0.567. The van der Waals surface area contributed by atoms with Crippen molar-refractivity contribution in [2.75, 3.05) is 0 Å². The number of aromatic amines is 1. The van der Waals surface area contributed by atoms with Crippen molar-refractivity contribution < 1.29 is 4.39 Å². The molecule has 0 bridgehead atoms. The Bertz CT molecular complexity index is 652. The molecule has 3 rings (SSSR count). The Morgan fingerprint density at radius 1 is 1.00 bits per heavy atom. The minimum absolute atomic E-state index is 0.146. The average molecular weight is 199 g/mol. The molecule has 0 aliphatic heterocycles. The first-order chi connectivity index (χ1) is 7.25. The molecule has 1 aromatic heterocycles. The van der Waals surface area contributed by atoms with Gasteiger partial charge in [-0.1, -0.05) is 18.2 Å². The second-order valence-corrected chi connectivity index (χ2v) is 3.82. The summed E-state index contributed by atoms with van der Waals surface area (Å²) in [6.07, 6.45) is 0. The normalized spacial score (nSPS) is 11.3. The summed E-state index contributed by atoms with van der Waals surface area (Å²) < 4.78 is 13.4. The fourth-order valence-corrected chi connectivity index (χ4v) is 1.98. The second kappa shape index (κ2) is 2.83. The Morgan fingerprint density at radius 2 is 1.80 bits per heavy atom. The third-order valence-electron chi connectivity index (χ3n) is 2.79. The lowest BCUT2D eigenvalue weighted by atomic mass is 10.1. The molecule has 74 valence electrons. The van der Waals surface area contributed by atoms with Crippen molar-refractivity contribution in [1.82, 2.24) is 4.98 Å². The maximum atomic E-state index is 13.4. The second-order valence-electron chi connectivity index (χ2n) is 3.82. The number of benzene rings is 2. The van der Waals surface area contributed by atoms with E-state index in [-0.39, 0.29) is 5.82 Å². The van der Waals surface area contributed by atoms with Gasteiger partial charge in [0.2, 0.25) is 0 Å². The molecule has 0 fully saturated rings. The zero-order valence-corrected chi connectivity index (χ0v) is 8.34. The van der Waals surface area contributed by atoms with Crippen LogP contribution in [-0.2, 0) is 0 Å². The molecule has 0 spiro atoms. The minimum Gasteiger partial charge on any atom is -0.354 e. The molecule has 0 saturated heterocycles. The van der Waals surface area contributed by atoms with Gasteiger partial charge in [-0.15, -0.1) is 0 Å². The van der Waals surface area contributed by atoms with Crippen LogP contribution in [0.4, 0.5) is 4.39 Å². The van der Waals surface area contributed by atoms with Crippen molar-refractivity contribution in [3.8, 4) is 0 Å². The summed E-state index contributed by atoms with van der Waals surface area (Å²) in [6, 6.07) is 11.4. The van der Waals surface area contributed by atoms with Crippen LogP contribution >= 0.6 is 0 Å². The highest BCUT2D eigenvalue weighted by Gasteiger charge is 2.06. The van der Waals surface area contributed by atoms with E-state index in [1.807, 2.05) is 30.3 Å². The number of rotatable bonds is 0. The van der Waals surface area contributed by atoms with Crippen LogP contribution < -0.4 is 0 Å². The van der Waals surface area contributed by atoms with E-state index in [0.29, 0.717) is 5.56 Å². The number of nitrogens with one attached hydrogen (secondary N) is 1. The van der Waals surface area contributed by atoms with E-state index in [0.717, 1.165) is 21.8 Å². The van der Waals surface area contributed by atoms with Gasteiger partial charge >= 0.3 is 0 Å². The highest BCUT2D eigenvalue weighted by atomic mass is 19.1. The van der Waals surface area contributed by atoms with Gasteiger partial charge in [0.05, 0.1) is 0 Å². The summed E-state index contributed by atoms with van der Waals surface area (Å²) >= 11 is 0. The van der Waals surface area contributed by atoms with Crippen molar-refractivity contribution in [2.24, 2.45) is 0 Å². The highest BCUT2D eigenvalue weighted by Crippen LogP contribution is 2.26. The van der Waals surface area contributed by atoms with Crippen molar-refractivity contribution in [3.63, 3.8) is 0 Å². The van der Waals surface area contributed by atoms with Crippen LogP contribution in [-0.4, -0.2) is 4.98 Å². The van der Waals surface area contributed by atoms with Crippen molar-refractivity contribution in [2.45, 2.75) is 6.92 Å². The summed E-state index contributed by atoms with van der Waals surface area (Å²) in [7, 11) is 0. The Morgan fingerprint density at radius 3 is 2.67 bits per heavy atom. The topological polar surface area (TPSA) is 15.8 Å². The fraction of sp³-hybridized carbons (Fsp3) is 0.0769. The number of H-pyrrole nitrogens is 1. The first-order valence-electron chi connectivity index (χ1n) is 4.92. The lowest BCUT2D eigenvalue weighted by molar-refractivity contribution is 0.620. The van der Waals surface area contributed by atoms with Crippen LogP contribution in [0.2, 0.25) is 0 Å². The number of aromatic nitrogens is 1. The summed E-state index contributed by atoms with van der Waals surface area (Å²) in [5.41, 5.74) is 2.72. The molecule has 0 radical (unpaired) electrons. The molecule has 2 aromatic carbocycles. The molecule has 2 heteroatoms. The van der Waals surface area contributed by atoms with Gasteiger partial charge in [0.1, 0.15) is 5.82 Å². The largest absolute Gasteiger partial charge is 0.354 e. The zero-order chi connectivity index (χ0) is 10.4. The molecule has 1 heterocycles. The highest BCUT2D eigenvalue weighted by molar-refractivity contribution is 6.07. The molecule has 0 aliphatic rings. The summed E-state index contributed by atoms with van der Waals surface area (Å²) in [4.78, 5) is 3.28. The van der Waals surface area contributed by atoms with E-state index in [9.17, 15) is 4.39 Å². The van der Waals surface area contributed by atoms with Crippen molar-refractivity contribution >= 4 is 21.8 Å². The monoisotopic (exact) mass is 199 g/mol. The molecule has 15 heavy (non-hydrogen) atoms. The Labute approximate surface area is 86.5 Å². The number of aryl methyl sites for hydroxylation is 1. The van der Waals surface area contributed by atoms with Crippen LogP contribution in [0.1, 0.15) is 5.56 Å². The van der Waals surface area contributed by atoms with Crippen molar-refractivity contribution in [1.29, 1.82) is 0 Å². The number of hydrogen-bond donors (Lipinski definition) is 1. The fourth-order valence-electron chi connectivity index (χ4n) is 1.98. The summed E-state index contributed by atoms with van der Waals surface area (Å²) in [6.45, 7) is 1.78. The van der Waals surface area contributed by atoms with E-state index >= 15 is 0 Å². The lowest BCUT2D eigenvalue weighted by Crippen LogP contribution is -1.80. The van der Waals surface area contributed by atoms with Gasteiger partial charge in [0.25, 0.3) is 0 Å². The first kappa shape index (κ1) is 8.48. The van der Waals surface area contributed by atoms with Crippen LogP contribution in [0.3, 0.4) is 0 Å². The molecule has 0 amide bonds. The number of halogens is 1. The average Bonchev–Trinajstić information content (AvgIpc) is 2.57. The van der Waals surface area contributed by atoms with Gasteiger partial charge in [-0.25, -0.2) is 4.39 Å². The molecule has 0 saturated carbocycles. The van der Waals surface area contributed by atoms with E-state index in [4.69, 9.17) is 0 Å². The summed E-state index contributed by atoms with van der Waals surface area (Å²) in [5.74, 6) is -0.146. The SMILES string of the molecule is Cc1cc2[nH]c3ccccc3c2cc1F. The molecule has 0 aliphatic carbocycles. The molecule has 1 N–H and O–H groups in total. The van der Waals surface area contributed by atoms with Crippen LogP contribution in [0.5, 0.6) is 0 Å². The standard InChI is InChI=1S/C13H10FN/c1-8-6-13-10(7-11(8)14)9-4-2-3-5-12(9)15-13/h2-7,15H,1H3. The lowest BCUT2D eigenvalue weighted by Gasteiger charge is -1.96. The van der Waals surface area contributed by atoms with Gasteiger partial charge in [0.15, 0.2) is 0 Å². The predicted octanol–water partition coefficient (Wildman–Crippen LogP) is 3.77. The number of para-hydroxylation sites is 1. The molecule has 0 unspecified atom stereocenters. The van der Waals surface area contributed by atoms with E-state index in [1.54, 1.807) is 13.0 Å². The maximum absolute atomic E-state index is 13.4. The van der Waals surface area contributed by atoms with Crippen molar-refractivity contribution in [3.05, 3.63) is 47.8 Å². The third-order valence-corrected chi connectivity index (χ3v) is 2.79. The molecule has 1 nitrogen and oxygen atoms in total. The third kappa shape index (κ3) is 1.14.